The molecule has 284 valence electrons. The first-order valence-corrected chi connectivity index (χ1v) is 24.0. The van der Waals surface area contributed by atoms with Gasteiger partial charge in [-0.15, -0.1) is 0 Å². The second-order valence-corrected chi connectivity index (χ2v) is 21.7. The van der Waals surface area contributed by atoms with Crippen molar-refractivity contribution in [1.82, 2.24) is 4.57 Å². The number of rotatable bonds is 8. The van der Waals surface area contributed by atoms with Crippen molar-refractivity contribution in [3.63, 3.8) is 0 Å². The van der Waals surface area contributed by atoms with Gasteiger partial charge in [0.1, 0.15) is 22.4 Å². The lowest BCUT2D eigenvalue weighted by Crippen LogP contribution is -2.41. The predicted octanol–water partition coefficient (Wildman–Crippen LogP) is 11.8. The third-order valence-corrected chi connectivity index (χ3v) is 19.5. The molecule has 8 aromatic carbocycles. The van der Waals surface area contributed by atoms with Gasteiger partial charge in [-0.25, -0.2) is 4.52 Å². The Bertz CT molecular complexity index is 2990. The Morgan fingerprint density at radius 1 is 0.458 bits per heavy atom. The van der Waals surface area contributed by atoms with E-state index in [-0.39, 0.29) is 6.10 Å². The second kappa shape index (κ2) is 14.6. The van der Waals surface area contributed by atoms with Gasteiger partial charge in [-0.2, -0.15) is 0 Å². The van der Waals surface area contributed by atoms with Gasteiger partial charge in [0.05, 0.1) is 11.0 Å². The van der Waals surface area contributed by atoms with E-state index in [0.717, 1.165) is 50.2 Å². The van der Waals surface area contributed by atoms with Crippen molar-refractivity contribution in [2.75, 3.05) is 0 Å². The normalized spacial score (nSPS) is 18.7. The monoisotopic (exact) mass is 798 g/mol. The minimum Gasteiger partial charge on any atom is -0.309 e. The highest BCUT2D eigenvalue weighted by Gasteiger charge is 2.57. The lowest BCUT2D eigenvalue weighted by Gasteiger charge is -2.41. The Hall–Kier alpha value is -6.08. The van der Waals surface area contributed by atoms with Crippen LogP contribution >= 0.6 is 14.6 Å². The first kappa shape index (κ1) is 36.0. The van der Waals surface area contributed by atoms with E-state index in [1.54, 1.807) is 0 Å². The summed E-state index contributed by atoms with van der Waals surface area (Å²) in [5.74, 6) is 0. The van der Waals surface area contributed by atoms with Crippen molar-refractivity contribution in [3.8, 4) is 27.9 Å². The van der Waals surface area contributed by atoms with Crippen LogP contribution in [0.4, 0.5) is 0 Å². The Kier molecular flexibility index (Phi) is 8.94. The fraction of sp³-hybridized carbons (Fsp3) is 0.0741. The number of aromatic nitrogens is 1. The number of fused-ring (bicyclic) bond motifs is 5. The lowest BCUT2D eigenvalue weighted by molar-refractivity contribution is 0.226. The summed E-state index contributed by atoms with van der Waals surface area (Å²) in [7, 11) is -5.12. The number of benzene rings is 8. The molecule has 2 bridgehead atoms. The molecule has 3 aliphatic rings. The van der Waals surface area contributed by atoms with E-state index in [1.807, 2.05) is 60.7 Å². The van der Waals surface area contributed by atoms with Gasteiger partial charge >= 0.3 is 0 Å². The number of allylic oxidation sites excluding steroid dienone is 1. The van der Waals surface area contributed by atoms with Gasteiger partial charge in [-0.1, -0.05) is 152 Å². The van der Waals surface area contributed by atoms with Gasteiger partial charge < -0.3 is 9.13 Å². The van der Waals surface area contributed by atoms with Crippen LogP contribution in [-0.4, -0.2) is 16.3 Å². The fourth-order valence-electron chi connectivity index (χ4n) is 9.47. The molecular weight excluding hydrogens is 757 g/mol. The summed E-state index contributed by atoms with van der Waals surface area (Å²) in [5.41, 5.74) is 8.43. The van der Waals surface area contributed by atoms with Crippen molar-refractivity contribution >= 4 is 63.0 Å². The van der Waals surface area contributed by atoms with Gasteiger partial charge in [0, 0.05) is 32.4 Å². The molecule has 1 aromatic heterocycles. The maximum absolute atomic E-state index is 15.1. The van der Waals surface area contributed by atoms with E-state index < -0.39 is 14.6 Å². The van der Waals surface area contributed by atoms with Gasteiger partial charge in [0.25, 0.3) is 0 Å². The molecule has 0 spiro atoms. The van der Waals surface area contributed by atoms with Gasteiger partial charge in [-0.3, -0.25) is 0 Å². The number of nitrogens with zero attached hydrogens (tertiary/aromatic N) is 1. The van der Waals surface area contributed by atoms with Crippen LogP contribution in [-0.2, 0) is 9.09 Å². The topological polar surface area (TPSA) is 31.2 Å². The van der Waals surface area contributed by atoms with E-state index in [4.69, 9.17) is 4.52 Å². The fourth-order valence-corrected chi connectivity index (χ4v) is 16.2. The van der Waals surface area contributed by atoms with Crippen molar-refractivity contribution in [2.24, 2.45) is 0 Å². The van der Waals surface area contributed by atoms with Gasteiger partial charge in [-0.05, 0) is 102 Å². The molecule has 0 amide bonds. The van der Waals surface area contributed by atoms with Crippen LogP contribution in [0.5, 0.6) is 0 Å². The highest BCUT2D eigenvalue weighted by atomic mass is 31.2. The number of para-hydroxylation sites is 1. The maximum atomic E-state index is 15.1. The molecule has 3 unspecified atom stereocenters. The second-order valence-electron chi connectivity index (χ2n) is 15.7. The molecule has 1 aliphatic carbocycles. The zero-order valence-electron chi connectivity index (χ0n) is 32.5. The molecule has 3 nitrogen and oxygen atoms in total. The predicted molar refractivity (Wildman–Crippen MR) is 251 cm³/mol. The van der Waals surface area contributed by atoms with Crippen LogP contribution in [0.2, 0.25) is 0 Å². The Labute approximate surface area is 346 Å². The van der Waals surface area contributed by atoms with E-state index in [1.165, 1.54) is 38.9 Å². The molecule has 0 N–H and O–H groups in total. The molecule has 3 atom stereocenters. The van der Waals surface area contributed by atoms with E-state index in [9.17, 15) is 0 Å². The molecule has 12 rings (SSSR count). The first-order chi connectivity index (χ1) is 29.1. The largest absolute Gasteiger partial charge is 0.309 e. The molecular formula is C54H42NO2P2+. The molecule has 9 aromatic rings. The third kappa shape index (κ3) is 5.99. The molecule has 0 radical (unpaired) electrons. The van der Waals surface area contributed by atoms with Crippen LogP contribution in [0.3, 0.4) is 0 Å². The average Bonchev–Trinajstić information content (AvgIpc) is 3.66. The Morgan fingerprint density at radius 3 is 1.41 bits per heavy atom. The van der Waals surface area contributed by atoms with Crippen molar-refractivity contribution in [3.05, 3.63) is 218 Å². The van der Waals surface area contributed by atoms with Crippen LogP contribution < -0.4 is 26.5 Å². The summed E-state index contributed by atoms with van der Waals surface area (Å²) in [6.45, 7) is 0. The molecule has 1 fully saturated rings. The minimum absolute atomic E-state index is 0.186. The van der Waals surface area contributed by atoms with Gasteiger partial charge in [0.15, 0.2) is 7.14 Å². The highest BCUT2D eigenvalue weighted by molar-refractivity contribution is 7.86. The van der Waals surface area contributed by atoms with Gasteiger partial charge in [0.2, 0.25) is 7.49 Å². The zero-order chi connectivity index (χ0) is 39.4. The minimum atomic E-state index is -3.07. The lowest BCUT2D eigenvalue weighted by atomic mass is 10.0. The Balaban J connectivity index is 1.00. The summed E-state index contributed by atoms with van der Waals surface area (Å²) >= 11 is 0. The van der Waals surface area contributed by atoms with Crippen LogP contribution in [0.1, 0.15) is 12.8 Å². The van der Waals surface area contributed by atoms with E-state index in [2.05, 4.69) is 162 Å². The molecule has 1 saturated heterocycles. The molecule has 59 heavy (non-hydrogen) atoms. The number of hydrogen-bond acceptors (Lipinski definition) is 2. The molecule has 0 saturated carbocycles. The quantitative estimate of drug-likeness (QED) is 0.113. The Morgan fingerprint density at radius 2 is 0.915 bits per heavy atom. The average molecular weight is 799 g/mol. The van der Waals surface area contributed by atoms with E-state index in [0.29, 0.717) is 5.66 Å². The smallest absolute Gasteiger partial charge is 0.217 e. The van der Waals surface area contributed by atoms with E-state index >= 15 is 4.57 Å². The molecule has 2 aliphatic heterocycles. The number of hydrogen-bond donors (Lipinski definition) is 0. The summed E-state index contributed by atoms with van der Waals surface area (Å²) in [4.78, 5) is 0. The van der Waals surface area contributed by atoms with Crippen LogP contribution in [0, 0.1) is 0 Å². The summed E-state index contributed by atoms with van der Waals surface area (Å²) < 4.78 is 24.5. The summed E-state index contributed by atoms with van der Waals surface area (Å²) in [6.07, 6.45) is 7.16. The van der Waals surface area contributed by atoms with Crippen molar-refractivity contribution in [2.45, 2.75) is 24.6 Å². The van der Waals surface area contributed by atoms with Crippen molar-refractivity contribution < 1.29 is 9.09 Å². The SMILES string of the molecule is O=P(c1ccccc1)(c1ccccc1)c1ccc(-c2ccc3c(c2)c2cc(-c4ccc([P+]5(c6ccccc6)OC6C=CC5CC6)cc4)ccc2n3-c2ccccc2)cc1. The summed E-state index contributed by atoms with van der Waals surface area (Å²) in [6, 6.07) is 72.6. The maximum Gasteiger partial charge on any atom is 0.217 e. The first-order valence-electron chi connectivity index (χ1n) is 20.5. The summed E-state index contributed by atoms with van der Waals surface area (Å²) in [5, 5.41) is 7.53. The molecule has 3 heterocycles. The van der Waals surface area contributed by atoms with Crippen LogP contribution in [0.15, 0.2) is 218 Å². The van der Waals surface area contributed by atoms with Crippen molar-refractivity contribution in [1.29, 1.82) is 0 Å². The third-order valence-electron chi connectivity index (χ3n) is 12.4. The standard InChI is InChI=1S/C54H42NO2P2/c56-58(45-15-7-2-8-16-45,46-17-9-3-10-18-46)47-29-21-39(22-30-47)41-25-35-53-51(37-41)52-38-42(26-36-54(52)55(53)43-13-5-1-6-14-43)40-23-31-49(32-24-40)59(48-19-11-4-12-20-48)50-33-27-44(57-59)28-34-50/h1-27,29-33,35-38,44,50H,28,34H2/q+1. The highest BCUT2D eigenvalue weighted by Crippen LogP contribution is 2.68. The van der Waals surface area contributed by atoms with Crippen LogP contribution in [0.25, 0.3) is 49.7 Å². The zero-order valence-corrected chi connectivity index (χ0v) is 34.3. The molecule has 5 heteroatoms.